The highest BCUT2D eigenvalue weighted by molar-refractivity contribution is 6.07. The summed E-state index contributed by atoms with van der Waals surface area (Å²) in [5.41, 5.74) is 5.49. The minimum Gasteiger partial charge on any atom is -0.452 e. The van der Waals surface area contributed by atoms with Crippen LogP contribution in [0.5, 0.6) is 0 Å². The summed E-state index contributed by atoms with van der Waals surface area (Å²) in [5, 5.41) is 6.25. The highest BCUT2D eigenvalue weighted by Crippen LogP contribution is 2.28. The van der Waals surface area contributed by atoms with Crippen molar-refractivity contribution in [1.29, 1.82) is 0 Å². The van der Waals surface area contributed by atoms with E-state index < -0.39 is 18.5 Å². The molecule has 5 rings (SSSR count). The summed E-state index contributed by atoms with van der Waals surface area (Å²) < 4.78 is 5.41. The number of hydrogen-bond donors (Lipinski definition) is 2. The number of ether oxygens (including phenoxy) is 1. The monoisotopic (exact) mass is 493 g/mol. The Morgan fingerprint density at radius 2 is 1.68 bits per heavy atom. The van der Waals surface area contributed by atoms with E-state index in [2.05, 4.69) is 16.7 Å². The summed E-state index contributed by atoms with van der Waals surface area (Å²) in [5.74, 6) is -1.40. The average molecular weight is 494 g/mol. The molecule has 0 spiro atoms. The van der Waals surface area contributed by atoms with Crippen LogP contribution in [0.3, 0.4) is 0 Å². The van der Waals surface area contributed by atoms with E-state index in [4.69, 9.17) is 9.72 Å². The van der Waals surface area contributed by atoms with Gasteiger partial charge in [0.2, 0.25) is 0 Å². The molecule has 2 N–H and O–H groups in total. The number of rotatable bonds is 7. The quantitative estimate of drug-likeness (QED) is 0.345. The fourth-order valence-corrected chi connectivity index (χ4v) is 4.26. The minimum atomic E-state index is -0.625. The Labute approximate surface area is 214 Å². The number of para-hydroxylation sites is 2. The third kappa shape index (κ3) is 5.51. The Morgan fingerprint density at radius 1 is 0.919 bits per heavy atom. The first kappa shape index (κ1) is 24.2. The maximum absolute atomic E-state index is 13.1. The summed E-state index contributed by atoms with van der Waals surface area (Å²) in [6.07, 6.45) is 1.93. The number of hydrogen-bond acceptors (Lipinski definition) is 5. The predicted octanol–water partition coefficient (Wildman–Crippen LogP) is 5.21. The second-order valence-electron chi connectivity index (χ2n) is 9.31. The molecule has 0 saturated heterocycles. The third-order valence-electron chi connectivity index (χ3n) is 6.29. The summed E-state index contributed by atoms with van der Waals surface area (Å²) >= 11 is 0. The maximum Gasteiger partial charge on any atom is 0.339 e. The van der Waals surface area contributed by atoms with Gasteiger partial charge in [-0.15, -0.1) is 0 Å². The van der Waals surface area contributed by atoms with Crippen LogP contribution in [0.4, 0.5) is 5.69 Å². The van der Waals surface area contributed by atoms with E-state index in [-0.39, 0.29) is 11.9 Å². The van der Waals surface area contributed by atoms with Gasteiger partial charge in [0.25, 0.3) is 11.8 Å². The van der Waals surface area contributed by atoms with Crippen LogP contribution in [-0.4, -0.2) is 35.4 Å². The van der Waals surface area contributed by atoms with Crippen LogP contribution < -0.4 is 10.6 Å². The minimum absolute atomic E-state index is 0.195. The van der Waals surface area contributed by atoms with Crippen molar-refractivity contribution < 1.29 is 19.1 Å². The Balaban J connectivity index is 1.34. The average Bonchev–Trinajstić information content (AvgIpc) is 3.71. The maximum atomic E-state index is 13.1. The van der Waals surface area contributed by atoms with Crippen molar-refractivity contribution in [3.8, 4) is 11.3 Å². The van der Waals surface area contributed by atoms with Crippen molar-refractivity contribution in [2.24, 2.45) is 0 Å². The Kier molecular flexibility index (Phi) is 6.68. The Morgan fingerprint density at radius 3 is 2.46 bits per heavy atom. The molecule has 7 heteroatoms. The molecule has 0 atom stereocenters. The number of fused-ring (bicyclic) bond motifs is 1. The van der Waals surface area contributed by atoms with E-state index in [0.717, 1.165) is 29.5 Å². The van der Waals surface area contributed by atoms with E-state index in [9.17, 15) is 14.4 Å². The van der Waals surface area contributed by atoms with Gasteiger partial charge in [-0.3, -0.25) is 9.59 Å². The number of benzene rings is 3. The molecule has 7 nitrogen and oxygen atoms in total. The number of aromatic nitrogens is 1. The van der Waals surface area contributed by atoms with Gasteiger partial charge in [-0.1, -0.05) is 54.1 Å². The molecule has 2 amide bonds. The largest absolute Gasteiger partial charge is 0.452 e. The lowest BCUT2D eigenvalue weighted by Crippen LogP contribution is -2.28. The van der Waals surface area contributed by atoms with Crippen molar-refractivity contribution in [3.63, 3.8) is 0 Å². The number of nitrogens with zero attached hydrogens (tertiary/aromatic N) is 1. The molecule has 37 heavy (non-hydrogen) atoms. The number of carbonyl (C=O) groups is 3. The molecule has 0 radical (unpaired) electrons. The number of anilines is 1. The van der Waals surface area contributed by atoms with Crippen molar-refractivity contribution in [2.45, 2.75) is 32.7 Å². The van der Waals surface area contributed by atoms with Crippen molar-refractivity contribution in [1.82, 2.24) is 10.3 Å². The lowest BCUT2D eigenvalue weighted by atomic mass is 9.99. The second kappa shape index (κ2) is 10.2. The lowest BCUT2D eigenvalue weighted by Gasteiger charge is -2.13. The molecule has 1 fully saturated rings. The van der Waals surface area contributed by atoms with Gasteiger partial charge in [-0.25, -0.2) is 9.78 Å². The van der Waals surface area contributed by atoms with Crippen molar-refractivity contribution >= 4 is 34.4 Å². The van der Waals surface area contributed by atoms with Crippen LogP contribution in [0.15, 0.2) is 72.8 Å². The summed E-state index contributed by atoms with van der Waals surface area (Å²) in [6.45, 7) is 3.54. The Bertz CT molecular complexity index is 1520. The van der Waals surface area contributed by atoms with Crippen LogP contribution >= 0.6 is 0 Å². The van der Waals surface area contributed by atoms with Gasteiger partial charge in [0.1, 0.15) is 0 Å². The number of esters is 1. The fourth-order valence-electron chi connectivity index (χ4n) is 4.26. The summed E-state index contributed by atoms with van der Waals surface area (Å²) in [6, 6.07) is 22.1. The van der Waals surface area contributed by atoms with Crippen LogP contribution in [0, 0.1) is 13.8 Å². The van der Waals surface area contributed by atoms with Crippen LogP contribution in [0.1, 0.15) is 44.7 Å². The van der Waals surface area contributed by atoms with E-state index in [1.54, 1.807) is 36.4 Å². The number of carbonyl (C=O) groups excluding carboxylic acids is 3. The molecule has 1 aliphatic carbocycles. The van der Waals surface area contributed by atoms with Crippen LogP contribution in [0.25, 0.3) is 22.2 Å². The van der Waals surface area contributed by atoms with Crippen LogP contribution in [-0.2, 0) is 9.53 Å². The molecule has 1 saturated carbocycles. The van der Waals surface area contributed by atoms with E-state index in [0.29, 0.717) is 33.4 Å². The fraction of sp³-hybridized carbons (Fsp3) is 0.200. The predicted molar refractivity (Wildman–Crippen MR) is 142 cm³/mol. The van der Waals surface area contributed by atoms with Crippen molar-refractivity contribution in [2.75, 3.05) is 11.9 Å². The normalized spacial score (nSPS) is 12.7. The topological polar surface area (TPSA) is 97.4 Å². The molecule has 186 valence electrons. The molecule has 0 unspecified atom stereocenters. The van der Waals surface area contributed by atoms with Gasteiger partial charge >= 0.3 is 5.97 Å². The number of amides is 2. The van der Waals surface area contributed by atoms with Gasteiger partial charge < -0.3 is 15.4 Å². The van der Waals surface area contributed by atoms with E-state index in [1.807, 2.05) is 44.2 Å². The number of aryl methyl sites for hydroxylation is 2. The molecule has 0 bridgehead atoms. The standard InChI is InChI=1S/C30H27N3O4/c1-18-11-14-21(19(2)15-18)27-16-24(22-7-3-5-9-25(22)32-27)30(36)37-17-28(34)33-26-10-6-4-8-23(26)29(35)31-20-12-13-20/h3-11,14-16,20H,12-13,17H2,1-2H3,(H,31,35)(H,33,34). The van der Waals surface area contributed by atoms with Gasteiger partial charge in [0.05, 0.1) is 28.0 Å². The van der Waals surface area contributed by atoms with Gasteiger partial charge in [0.15, 0.2) is 6.61 Å². The number of nitrogens with one attached hydrogen (secondary N) is 2. The zero-order valence-corrected chi connectivity index (χ0v) is 20.7. The molecular formula is C30H27N3O4. The zero-order chi connectivity index (χ0) is 25.9. The first-order valence-corrected chi connectivity index (χ1v) is 12.2. The first-order valence-electron chi connectivity index (χ1n) is 12.2. The van der Waals surface area contributed by atoms with E-state index in [1.165, 1.54) is 0 Å². The molecule has 0 aliphatic heterocycles. The zero-order valence-electron chi connectivity index (χ0n) is 20.7. The lowest BCUT2D eigenvalue weighted by molar-refractivity contribution is -0.119. The Hall–Kier alpha value is -4.52. The van der Waals surface area contributed by atoms with Crippen molar-refractivity contribution in [3.05, 3.63) is 95.1 Å². The first-order chi connectivity index (χ1) is 17.9. The highest BCUT2D eigenvalue weighted by atomic mass is 16.5. The number of pyridine rings is 1. The third-order valence-corrected chi connectivity index (χ3v) is 6.29. The van der Waals surface area contributed by atoms with Gasteiger partial charge in [-0.2, -0.15) is 0 Å². The summed E-state index contributed by atoms with van der Waals surface area (Å²) in [7, 11) is 0. The second-order valence-corrected chi connectivity index (χ2v) is 9.31. The molecule has 4 aromatic rings. The SMILES string of the molecule is Cc1ccc(-c2cc(C(=O)OCC(=O)Nc3ccccc3C(=O)NC3CC3)c3ccccc3n2)c(C)c1. The molecular weight excluding hydrogens is 466 g/mol. The molecule has 1 heterocycles. The van der Waals surface area contributed by atoms with Gasteiger partial charge in [-0.05, 0) is 56.5 Å². The summed E-state index contributed by atoms with van der Waals surface area (Å²) in [4.78, 5) is 43.1. The van der Waals surface area contributed by atoms with Gasteiger partial charge in [0, 0.05) is 17.0 Å². The molecule has 3 aromatic carbocycles. The van der Waals surface area contributed by atoms with E-state index >= 15 is 0 Å². The van der Waals surface area contributed by atoms with Crippen LogP contribution in [0.2, 0.25) is 0 Å². The molecule has 1 aromatic heterocycles. The molecule has 1 aliphatic rings. The smallest absolute Gasteiger partial charge is 0.339 e. The highest BCUT2D eigenvalue weighted by Gasteiger charge is 2.25.